The van der Waals surface area contributed by atoms with Crippen LogP contribution in [0.3, 0.4) is 0 Å². The summed E-state index contributed by atoms with van der Waals surface area (Å²) in [6.07, 6.45) is 0. The van der Waals surface area contributed by atoms with Crippen LogP contribution >= 0.6 is 0 Å². The van der Waals surface area contributed by atoms with Crippen LogP contribution in [-0.4, -0.2) is 24.2 Å². The third-order valence-corrected chi connectivity index (χ3v) is 2.23. The summed E-state index contributed by atoms with van der Waals surface area (Å²) in [5, 5.41) is 9.01. The molecule has 0 radical (unpaired) electrons. The number of rotatable bonds is 2. The van der Waals surface area contributed by atoms with Gasteiger partial charge in [-0.3, -0.25) is 0 Å². The number of esters is 1. The van der Waals surface area contributed by atoms with Crippen molar-refractivity contribution in [2.24, 2.45) is 0 Å². The smallest absolute Gasteiger partial charge is 0.339 e. The Labute approximate surface area is 87.5 Å². The van der Waals surface area contributed by atoms with Crippen LogP contribution < -0.4 is 0 Å². The maximum Gasteiger partial charge on any atom is 0.339 e. The van der Waals surface area contributed by atoms with E-state index in [0.717, 1.165) is 0 Å². The van der Waals surface area contributed by atoms with E-state index in [-0.39, 0.29) is 11.1 Å². The highest BCUT2D eigenvalue weighted by atomic mass is 16.5. The number of benzene rings is 1. The van der Waals surface area contributed by atoms with E-state index in [1.54, 1.807) is 26.0 Å². The lowest BCUT2D eigenvalue weighted by Gasteiger charge is -2.09. The second kappa shape index (κ2) is 4.13. The molecule has 4 heteroatoms. The van der Waals surface area contributed by atoms with Gasteiger partial charge in [-0.1, -0.05) is 12.1 Å². The highest BCUT2D eigenvalue weighted by Gasteiger charge is 2.21. The topological polar surface area (TPSA) is 63.6 Å². The van der Waals surface area contributed by atoms with Gasteiger partial charge in [-0.2, -0.15) is 0 Å². The number of ether oxygens (including phenoxy) is 1. The summed E-state index contributed by atoms with van der Waals surface area (Å²) in [4.78, 5) is 22.4. The molecule has 0 bridgehead atoms. The number of carbonyl (C=O) groups excluding carboxylic acids is 1. The molecule has 1 rings (SSSR count). The van der Waals surface area contributed by atoms with Gasteiger partial charge in [0.2, 0.25) is 0 Å². The van der Waals surface area contributed by atoms with Gasteiger partial charge in [0, 0.05) is 0 Å². The van der Waals surface area contributed by atoms with Crippen molar-refractivity contribution >= 4 is 11.9 Å². The zero-order valence-corrected chi connectivity index (χ0v) is 8.83. The van der Waals surface area contributed by atoms with Crippen molar-refractivity contribution in [2.75, 3.05) is 7.11 Å². The molecule has 0 atom stereocenters. The molecule has 0 amide bonds. The molecule has 0 aliphatic carbocycles. The second-order valence-electron chi connectivity index (χ2n) is 3.25. The molecule has 80 valence electrons. The van der Waals surface area contributed by atoms with Crippen LogP contribution in [0.2, 0.25) is 0 Å². The van der Waals surface area contributed by atoms with Crippen LogP contribution in [0.15, 0.2) is 12.1 Å². The molecule has 0 aliphatic heterocycles. The average molecular weight is 208 g/mol. The third kappa shape index (κ3) is 1.98. The first kappa shape index (κ1) is 11.2. The molecule has 4 nitrogen and oxygen atoms in total. The van der Waals surface area contributed by atoms with Gasteiger partial charge >= 0.3 is 11.9 Å². The van der Waals surface area contributed by atoms with E-state index in [9.17, 15) is 9.59 Å². The Morgan fingerprint density at radius 2 is 1.60 bits per heavy atom. The fraction of sp³-hybridized carbons (Fsp3) is 0.273. The predicted octanol–water partition coefficient (Wildman–Crippen LogP) is 1.79. The quantitative estimate of drug-likeness (QED) is 0.752. The molecule has 0 fully saturated rings. The molecule has 0 aromatic heterocycles. The lowest BCUT2D eigenvalue weighted by atomic mass is 9.97. The molecule has 1 N–H and O–H groups in total. The van der Waals surface area contributed by atoms with E-state index < -0.39 is 11.9 Å². The molecule has 1 aromatic carbocycles. The van der Waals surface area contributed by atoms with Crippen molar-refractivity contribution in [1.82, 2.24) is 0 Å². The fourth-order valence-corrected chi connectivity index (χ4v) is 1.45. The molecule has 0 saturated carbocycles. The van der Waals surface area contributed by atoms with Crippen molar-refractivity contribution in [3.05, 3.63) is 34.4 Å². The van der Waals surface area contributed by atoms with Crippen molar-refractivity contribution in [2.45, 2.75) is 13.8 Å². The predicted molar refractivity (Wildman–Crippen MR) is 54.2 cm³/mol. The van der Waals surface area contributed by atoms with E-state index >= 15 is 0 Å². The Morgan fingerprint density at radius 1 is 1.13 bits per heavy atom. The largest absolute Gasteiger partial charge is 0.478 e. The van der Waals surface area contributed by atoms with E-state index in [2.05, 4.69) is 4.74 Å². The minimum absolute atomic E-state index is 0.0156. The minimum Gasteiger partial charge on any atom is -0.478 e. The van der Waals surface area contributed by atoms with E-state index in [1.165, 1.54) is 7.11 Å². The van der Waals surface area contributed by atoms with Gasteiger partial charge in [0.05, 0.1) is 18.2 Å². The van der Waals surface area contributed by atoms with Crippen LogP contribution in [0.5, 0.6) is 0 Å². The fourth-order valence-electron chi connectivity index (χ4n) is 1.45. The zero-order chi connectivity index (χ0) is 11.6. The summed E-state index contributed by atoms with van der Waals surface area (Å²) in [7, 11) is 1.23. The van der Waals surface area contributed by atoms with Crippen molar-refractivity contribution < 1.29 is 19.4 Å². The Kier molecular flexibility index (Phi) is 3.09. The first-order valence-corrected chi connectivity index (χ1v) is 4.40. The normalized spacial score (nSPS) is 9.80. The Bertz CT molecular complexity index is 421. The van der Waals surface area contributed by atoms with Gasteiger partial charge in [-0.05, 0) is 25.0 Å². The number of aryl methyl sites for hydroxylation is 2. The summed E-state index contributed by atoms with van der Waals surface area (Å²) >= 11 is 0. The van der Waals surface area contributed by atoms with E-state index in [1.807, 2.05) is 0 Å². The summed E-state index contributed by atoms with van der Waals surface area (Å²) in [6, 6.07) is 3.37. The lowest BCUT2D eigenvalue weighted by Crippen LogP contribution is -2.13. The Hall–Kier alpha value is -1.84. The standard InChI is InChI=1S/C11H12O4/c1-6-4-5-7(2)9(11(14)15-3)8(6)10(12)13/h4-5H,1-3H3,(H,12,13). The number of methoxy groups -OCH3 is 1. The number of carboxylic acid groups (broad SMARTS) is 1. The molecular weight excluding hydrogens is 196 g/mol. The summed E-state index contributed by atoms with van der Waals surface area (Å²) in [6.45, 7) is 3.33. The average Bonchev–Trinajstić information content (AvgIpc) is 2.19. The number of hydrogen-bond acceptors (Lipinski definition) is 3. The third-order valence-electron chi connectivity index (χ3n) is 2.23. The van der Waals surface area contributed by atoms with Crippen LogP contribution in [0.4, 0.5) is 0 Å². The molecule has 15 heavy (non-hydrogen) atoms. The summed E-state index contributed by atoms with van der Waals surface area (Å²) in [5.74, 6) is -1.73. The van der Waals surface area contributed by atoms with E-state index in [0.29, 0.717) is 11.1 Å². The Balaban J connectivity index is 3.52. The first-order valence-electron chi connectivity index (χ1n) is 4.40. The van der Waals surface area contributed by atoms with Crippen LogP contribution in [-0.2, 0) is 4.74 Å². The van der Waals surface area contributed by atoms with Crippen molar-refractivity contribution in [3.8, 4) is 0 Å². The number of hydrogen-bond donors (Lipinski definition) is 1. The first-order chi connectivity index (χ1) is 6.99. The SMILES string of the molecule is COC(=O)c1c(C)ccc(C)c1C(=O)O. The monoisotopic (exact) mass is 208 g/mol. The number of carbonyl (C=O) groups is 2. The van der Waals surface area contributed by atoms with Gasteiger partial charge in [0.25, 0.3) is 0 Å². The summed E-state index contributed by atoms with van der Waals surface area (Å²) < 4.78 is 4.56. The van der Waals surface area contributed by atoms with Crippen LogP contribution in [0, 0.1) is 13.8 Å². The van der Waals surface area contributed by atoms with Gasteiger partial charge < -0.3 is 9.84 Å². The number of aromatic carboxylic acids is 1. The molecule has 1 aromatic rings. The van der Waals surface area contributed by atoms with E-state index in [4.69, 9.17) is 5.11 Å². The second-order valence-corrected chi connectivity index (χ2v) is 3.25. The molecular formula is C11H12O4. The van der Waals surface area contributed by atoms with Gasteiger partial charge in [0.1, 0.15) is 0 Å². The molecule has 0 heterocycles. The maximum atomic E-state index is 11.4. The maximum absolute atomic E-state index is 11.4. The Morgan fingerprint density at radius 3 is 2.00 bits per heavy atom. The van der Waals surface area contributed by atoms with Gasteiger partial charge in [-0.15, -0.1) is 0 Å². The highest BCUT2D eigenvalue weighted by Crippen LogP contribution is 2.19. The molecule has 0 aliphatic rings. The number of carboxylic acids is 1. The van der Waals surface area contributed by atoms with Gasteiger partial charge in [0.15, 0.2) is 0 Å². The highest BCUT2D eigenvalue weighted by molar-refractivity contribution is 6.04. The lowest BCUT2D eigenvalue weighted by molar-refractivity contribution is 0.0581. The molecule has 0 unspecified atom stereocenters. The summed E-state index contributed by atoms with van der Waals surface area (Å²) in [5.41, 5.74) is 1.30. The van der Waals surface area contributed by atoms with Crippen molar-refractivity contribution in [1.29, 1.82) is 0 Å². The van der Waals surface area contributed by atoms with Crippen LogP contribution in [0.1, 0.15) is 31.8 Å². The van der Waals surface area contributed by atoms with Crippen molar-refractivity contribution in [3.63, 3.8) is 0 Å². The molecule has 0 spiro atoms. The van der Waals surface area contributed by atoms with Crippen LogP contribution in [0.25, 0.3) is 0 Å². The zero-order valence-electron chi connectivity index (χ0n) is 8.83. The van der Waals surface area contributed by atoms with Gasteiger partial charge in [-0.25, -0.2) is 9.59 Å². The minimum atomic E-state index is -1.11. The molecule has 0 saturated heterocycles.